The molecule has 1 fully saturated rings. The molecule has 0 radical (unpaired) electrons. The van der Waals surface area contributed by atoms with E-state index in [-0.39, 0.29) is 0 Å². The molecule has 1 saturated heterocycles. The number of thioether (sulfide) groups is 1. The van der Waals surface area contributed by atoms with Gasteiger partial charge in [-0.1, -0.05) is 28.1 Å². The molecule has 88 valence electrons. The van der Waals surface area contributed by atoms with Crippen molar-refractivity contribution in [2.75, 3.05) is 11.5 Å². The summed E-state index contributed by atoms with van der Waals surface area (Å²) in [4.78, 5) is 0. The van der Waals surface area contributed by atoms with Gasteiger partial charge in [-0.2, -0.15) is 11.8 Å². The summed E-state index contributed by atoms with van der Waals surface area (Å²) in [6, 6.07) is 9.79. The third kappa shape index (κ3) is 3.51. The molecule has 1 aromatic carbocycles. The van der Waals surface area contributed by atoms with Gasteiger partial charge >= 0.3 is 0 Å². The monoisotopic (exact) mass is 299 g/mol. The first-order valence-corrected chi connectivity index (χ1v) is 7.80. The zero-order valence-electron chi connectivity index (χ0n) is 9.58. The number of benzene rings is 1. The fourth-order valence-corrected chi connectivity index (χ4v) is 3.44. The Labute approximate surface area is 111 Å². The molecule has 1 atom stereocenters. The molecule has 1 nitrogen and oxygen atoms in total. The lowest BCUT2D eigenvalue weighted by Crippen LogP contribution is -2.34. The van der Waals surface area contributed by atoms with Gasteiger partial charge in [0.1, 0.15) is 0 Å². The summed E-state index contributed by atoms with van der Waals surface area (Å²) in [7, 11) is 0. The predicted molar refractivity (Wildman–Crippen MR) is 76.0 cm³/mol. The van der Waals surface area contributed by atoms with Gasteiger partial charge in [0.2, 0.25) is 0 Å². The largest absolute Gasteiger partial charge is 0.307 e. The van der Waals surface area contributed by atoms with E-state index < -0.39 is 0 Å². The first kappa shape index (κ1) is 12.5. The maximum atomic E-state index is 3.73. The smallest absolute Gasteiger partial charge is 0.0294 e. The summed E-state index contributed by atoms with van der Waals surface area (Å²) in [5, 5.41) is 3.73. The summed E-state index contributed by atoms with van der Waals surface area (Å²) < 4.78 is 1.15. The normalized spacial score (nSPS) is 19.6. The van der Waals surface area contributed by atoms with Gasteiger partial charge in [0.05, 0.1) is 0 Å². The van der Waals surface area contributed by atoms with Crippen LogP contribution in [0.25, 0.3) is 0 Å². The molecule has 0 spiro atoms. The third-order valence-corrected chi connectivity index (χ3v) is 4.65. The highest BCUT2D eigenvalue weighted by Crippen LogP contribution is 2.21. The van der Waals surface area contributed by atoms with Crippen molar-refractivity contribution in [2.24, 2.45) is 0 Å². The Kier molecular flexibility index (Phi) is 4.74. The van der Waals surface area contributed by atoms with Crippen molar-refractivity contribution in [1.82, 2.24) is 5.32 Å². The molecule has 16 heavy (non-hydrogen) atoms. The van der Waals surface area contributed by atoms with E-state index in [0.717, 1.165) is 4.47 Å². The van der Waals surface area contributed by atoms with Gasteiger partial charge in [-0.05, 0) is 49.0 Å². The number of hydrogen-bond donors (Lipinski definition) is 1. The SMILES string of the molecule is C[C@H](NC1CCSCC1)c1ccc(Br)cc1. The molecule has 3 heteroatoms. The fraction of sp³-hybridized carbons (Fsp3) is 0.538. The molecule has 1 aliphatic rings. The third-order valence-electron chi connectivity index (χ3n) is 3.08. The maximum absolute atomic E-state index is 3.73. The zero-order chi connectivity index (χ0) is 11.4. The van der Waals surface area contributed by atoms with Gasteiger partial charge in [0.15, 0.2) is 0 Å². The Morgan fingerprint density at radius 3 is 2.50 bits per heavy atom. The second kappa shape index (κ2) is 6.08. The quantitative estimate of drug-likeness (QED) is 0.905. The highest BCUT2D eigenvalue weighted by Gasteiger charge is 2.16. The van der Waals surface area contributed by atoms with Crippen LogP contribution in [0.15, 0.2) is 28.7 Å². The van der Waals surface area contributed by atoms with Crippen LogP contribution >= 0.6 is 27.7 Å². The molecule has 1 aromatic rings. The second-order valence-corrected chi connectivity index (χ2v) is 6.47. The molecule has 0 unspecified atom stereocenters. The molecule has 1 heterocycles. The summed E-state index contributed by atoms with van der Waals surface area (Å²) >= 11 is 5.55. The van der Waals surface area contributed by atoms with Crippen LogP contribution in [-0.4, -0.2) is 17.5 Å². The van der Waals surface area contributed by atoms with Crippen LogP contribution < -0.4 is 5.32 Å². The van der Waals surface area contributed by atoms with Crippen LogP contribution in [-0.2, 0) is 0 Å². The summed E-state index contributed by atoms with van der Waals surface area (Å²) in [6.45, 7) is 2.25. The molecule has 1 aliphatic heterocycles. The van der Waals surface area contributed by atoms with Crippen molar-refractivity contribution in [3.8, 4) is 0 Å². The van der Waals surface area contributed by atoms with Crippen molar-refractivity contribution in [2.45, 2.75) is 31.8 Å². The van der Waals surface area contributed by atoms with Crippen LogP contribution in [0, 0.1) is 0 Å². The van der Waals surface area contributed by atoms with Gasteiger partial charge in [-0.15, -0.1) is 0 Å². The Bertz CT molecular complexity index is 319. The lowest BCUT2D eigenvalue weighted by Gasteiger charge is -2.26. The molecule has 0 amide bonds. The van der Waals surface area contributed by atoms with E-state index in [1.165, 1.54) is 29.9 Å². The van der Waals surface area contributed by atoms with Crippen molar-refractivity contribution in [1.29, 1.82) is 0 Å². The first-order valence-electron chi connectivity index (χ1n) is 5.85. The van der Waals surface area contributed by atoms with E-state index in [1.54, 1.807) is 0 Å². The Hall–Kier alpha value is 0.01000. The Morgan fingerprint density at radius 1 is 1.25 bits per heavy atom. The maximum Gasteiger partial charge on any atom is 0.0294 e. The van der Waals surface area contributed by atoms with E-state index in [2.05, 4.69) is 64.2 Å². The van der Waals surface area contributed by atoms with Gasteiger partial charge in [-0.25, -0.2) is 0 Å². The van der Waals surface area contributed by atoms with Crippen LogP contribution in [0.2, 0.25) is 0 Å². The number of rotatable bonds is 3. The number of halogens is 1. The van der Waals surface area contributed by atoms with E-state index in [4.69, 9.17) is 0 Å². The van der Waals surface area contributed by atoms with Crippen molar-refractivity contribution < 1.29 is 0 Å². The van der Waals surface area contributed by atoms with Gasteiger partial charge < -0.3 is 5.32 Å². The van der Waals surface area contributed by atoms with Gasteiger partial charge in [0.25, 0.3) is 0 Å². The minimum atomic E-state index is 0.459. The standard InChI is InChI=1S/C13H18BrNS/c1-10(11-2-4-12(14)5-3-11)15-13-6-8-16-9-7-13/h2-5,10,13,15H,6-9H2,1H3/t10-/m0/s1. The fourth-order valence-electron chi connectivity index (χ4n) is 2.07. The lowest BCUT2D eigenvalue weighted by molar-refractivity contribution is 0.431. The Balaban J connectivity index is 1.91. The first-order chi connectivity index (χ1) is 7.75. The molecule has 0 aromatic heterocycles. The topological polar surface area (TPSA) is 12.0 Å². The molecule has 0 saturated carbocycles. The zero-order valence-corrected chi connectivity index (χ0v) is 12.0. The summed E-state index contributed by atoms with van der Waals surface area (Å²) in [5.74, 6) is 2.62. The molecule has 0 bridgehead atoms. The second-order valence-electron chi connectivity index (χ2n) is 4.33. The van der Waals surface area contributed by atoms with Crippen molar-refractivity contribution >= 4 is 27.7 Å². The van der Waals surface area contributed by atoms with Crippen LogP contribution in [0.3, 0.4) is 0 Å². The Morgan fingerprint density at radius 2 is 1.88 bits per heavy atom. The molecule has 0 aliphatic carbocycles. The minimum absolute atomic E-state index is 0.459. The molecular formula is C13H18BrNS. The van der Waals surface area contributed by atoms with Crippen LogP contribution in [0.5, 0.6) is 0 Å². The van der Waals surface area contributed by atoms with E-state index in [0.29, 0.717) is 12.1 Å². The number of nitrogens with one attached hydrogen (secondary N) is 1. The highest BCUT2D eigenvalue weighted by atomic mass is 79.9. The highest BCUT2D eigenvalue weighted by molar-refractivity contribution is 9.10. The van der Waals surface area contributed by atoms with Crippen molar-refractivity contribution in [3.05, 3.63) is 34.3 Å². The minimum Gasteiger partial charge on any atom is -0.307 e. The van der Waals surface area contributed by atoms with Crippen molar-refractivity contribution in [3.63, 3.8) is 0 Å². The summed E-state index contributed by atoms with van der Waals surface area (Å²) in [6.07, 6.45) is 2.62. The average Bonchev–Trinajstić information content (AvgIpc) is 2.31. The lowest BCUT2D eigenvalue weighted by atomic mass is 10.1. The molecule has 2 rings (SSSR count). The average molecular weight is 300 g/mol. The van der Waals surface area contributed by atoms with E-state index in [9.17, 15) is 0 Å². The summed E-state index contributed by atoms with van der Waals surface area (Å²) in [5.41, 5.74) is 1.38. The number of hydrogen-bond acceptors (Lipinski definition) is 2. The van der Waals surface area contributed by atoms with E-state index in [1.807, 2.05) is 0 Å². The molecular weight excluding hydrogens is 282 g/mol. The predicted octanol–water partition coefficient (Wildman–Crippen LogP) is 4.00. The van der Waals surface area contributed by atoms with Gasteiger partial charge in [-0.3, -0.25) is 0 Å². The molecule has 1 N–H and O–H groups in total. The van der Waals surface area contributed by atoms with Crippen LogP contribution in [0.4, 0.5) is 0 Å². The van der Waals surface area contributed by atoms with Gasteiger partial charge in [0, 0.05) is 16.6 Å². The van der Waals surface area contributed by atoms with E-state index >= 15 is 0 Å². The van der Waals surface area contributed by atoms with Crippen LogP contribution in [0.1, 0.15) is 31.4 Å².